The minimum atomic E-state index is -0.0582. The van der Waals surface area contributed by atoms with Gasteiger partial charge in [0.15, 0.2) is 0 Å². The second-order valence-electron chi connectivity index (χ2n) is 7.78. The summed E-state index contributed by atoms with van der Waals surface area (Å²) in [6.45, 7) is 4.45. The molecule has 1 heterocycles. The molecular formula is C25H33N3O3. The van der Waals surface area contributed by atoms with Gasteiger partial charge in [0.05, 0.1) is 17.6 Å². The molecule has 0 radical (unpaired) electrons. The number of aromatic nitrogens is 2. The Morgan fingerprint density at radius 3 is 2.65 bits per heavy atom. The maximum absolute atomic E-state index is 11.4. The summed E-state index contributed by atoms with van der Waals surface area (Å²) in [5, 5.41) is 2.87. The lowest BCUT2D eigenvalue weighted by atomic mass is 10.2. The van der Waals surface area contributed by atoms with Gasteiger partial charge in [0.2, 0.25) is 5.91 Å². The molecule has 166 valence electrons. The molecule has 1 aromatic heterocycles. The number of imidazole rings is 1. The van der Waals surface area contributed by atoms with E-state index in [4.69, 9.17) is 14.5 Å². The minimum Gasteiger partial charge on any atom is -0.494 e. The number of rotatable bonds is 13. The monoisotopic (exact) mass is 423 g/mol. The first kappa shape index (κ1) is 22.8. The van der Waals surface area contributed by atoms with Crippen molar-refractivity contribution in [2.45, 2.75) is 45.6 Å². The Kier molecular flexibility index (Phi) is 8.91. The fraction of sp³-hybridized carbons (Fsp3) is 0.440. The SMILES string of the molecule is COCC(=O)NCCCCCc1nc2ccccc2n1CCCOc1ccc(C)cc1. The lowest BCUT2D eigenvalue weighted by Crippen LogP contribution is -2.27. The van der Waals surface area contributed by atoms with Crippen LogP contribution in [-0.4, -0.2) is 42.3 Å². The molecule has 3 aromatic rings. The Morgan fingerprint density at radius 2 is 1.84 bits per heavy atom. The Labute approximate surface area is 184 Å². The molecule has 0 saturated carbocycles. The van der Waals surface area contributed by atoms with E-state index in [0.717, 1.165) is 55.7 Å². The second kappa shape index (κ2) is 12.1. The van der Waals surface area contributed by atoms with E-state index >= 15 is 0 Å². The zero-order chi connectivity index (χ0) is 21.9. The number of aryl methyl sites for hydroxylation is 3. The predicted molar refractivity (Wildman–Crippen MR) is 123 cm³/mol. The van der Waals surface area contributed by atoms with Crippen LogP contribution in [0.1, 0.15) is 37.1 Å². The molecule has 0 bridgehead atoms. The van der Waals surface area contributed by atoms with Crippen molar-refractivity contribution in [3.63, 3.8) is 0 Å². The zero-order valence-corrected chi connectivity index (χ0v) is 18.6. The third-order valence-electron chi connectivity index (χ3n) is 5.22. The summed E-state index contributed by atoms with van der Waals surface area (Å²) in [6.07, 6.45) is 4.91. The van der Waals surface area contributed by atoms with E-state index < -0.39 is 0 Å². The van der Waals surface area contributed by atoms with E-state index in [-0.39, 0.29) is 12.5 Å². The summed E-state index contributed by atoms with van der Waals surface area (Å²) in [7, 11) is 1.53. The van der Waals surface area contributed by atoms with Crippen LogP contribution in [0.4, 0.5) is 0 Å². The number of nitrogens with one attached hydrogen (secondary N) is 1. The van der Waals surface area contributed by atoms with Crippen molar-refractivity contribution < 1.29 is 14.3 Å². The summed E-state index contributed by atoms with van der Waals surface area (Å²) in [5.74, 6) is 1.98. The molecule has 2 aromatic carbocycles. The number of fused-ring (bicyclic) bond motifs is 1. The number of benzene rings is 2. The van der Waals surface area contributed by atoms with Gasteiger partial charge in [-0.1, -0.05) is 36.2 Å². The van der Waals surface area contributed by atoms with Gasteiger partial charge in [0.1, 0.15) is 18.2 Å². The number of para-hydroxylation sites is 2. The molecule has 0 aliphatic carbocycles. The van der Waals surface area contributed by atoms with Gasteiger partial charge in [-0.25, -0.2) is 4.98 Å². The van der Waals surface area contributed by atoms with E-state index in [2.05, 4.69) is 47.1 Å². The van der Waals surface area contributed by atoms with E-state index in [1.807, 2.05) is 18.2 Å². The number of nitrogens with zero attached hydrogens (tertiary/aromatic N) is 2. The highest BCUT2D eigenvalue weighted by Crippen LogP contribution is 2.19. The minimum absolute atomic E-state index is 0.0582. The van der Waals surface area contributed by atoms with Crippen molar-refractivity contribution in [2.75, 3.05) is 26.9 Å². The molecule has 6 heteroatoms. The molecule has 0 spiro atoms. The third kappa shape index (κ3) is 7.10. The standard InChI is InChI=1S/C25H33N3O3/c1-20-12-14-21(15-13-20)31-18-8-17-28-23-10-6-5-9-22(23)27-24(28)11-4-3-7-16-26-25(29)19-30-2/h5-6,9-10,12-15H,3-4,7-8,11,16-19H2,1-2H3,(H,26,29). The highest BCUT2D eigenvalue weighted by molar-refractivity contribution is 5.77. The van der Waals surface area contributed by atoms with E-state index in [1.165, 1.54) is 18.2 Å². The first-order chi connectivity index (χ1) is 15.2. The number of ether oxygens (including phenoxy) is 2. The van der Waals surface area contributed by atoms with Crippen LogP contribution in [0.15, 0.2) is 48.5 Å². The van der Waals surface area contributed by atoms with Crippen LogP contribution in [0.3, 0.4) is 0 Å². The number of amides is 1. The molecule has 0 saturated heterocycles. The van der Waals surface area contributed by atoms with Crippen LogP contribution < -0.4 is 10.1 Å². The van der Waals surface area contributed by atoms with E-state index in [0.29, 0.717) is 13.2 Å². The number of hydrogen-bond donors (Lipinski definition) is 1. The molecule has 0 atom stereocenters. The predicted octanol–water partition coefficient (Wildman–Crippen LogP) is 4.29. The van der Waals surface area contributed by atoms with Gasteiger partial charge in [0, 0.05) is 26.6 Å². The number of hydrogen-bond acceptors (Lipinski definition) is 4. The van der Waals surface area contributed by atoms with Crippen molar-refractivity contribution in [1.82, 2.24) is 14.9 Å². The number of carbonyl (C=O) groups is 1. The molecule has 0 fully saturated rings. The molecule has 6 nitrogen and oxygen atoms in total. The highest BCUT2D eigenvalue weighted by Gasteiger charge is 2.10. The average molecular weight is 424 g/mol. The van der Waals surface area contributed by atoms with Gasteiger partial charge < -0.3 is 19.4 Å². The number of carbonyl (C=O) groups excluding carboxylic acids is 1. The highest BCUT2D eigenvalue weighted by atomic mass is 16.5. The first-order valence-electron chi connectivity index (χ1n) is 11.1. The fourth-order valence-corrected chi connectivity index (χ4v) is 3.61. The maximum Gasteiger partial charge on any atom is 0.245 e. The van der Waals surface area contributed by atoms with Gasteiger partial charge >= 0.3 is 0 Å². The van der Waals surface area contributed by atoms with Crippen molar-refractivity contribution in [2.24, 2.45) is 0 Å². The molecule has 0 aliphatic rings. The molecule has 3 rings (SSSR count). The van der Waals surface area contributed by atoms with Gasteiger partial charge in [-0.05, 0) is 50.5 Å². The lowest BCUT2D eigenvalue weighted by molar-refractivity contribution is -0.124. The smallest absolute Gasteiger partial charge is 0.245 e. The number of unbranched alkanes of at least 4 members (excludes halogenated alkanes) is 2. The lowest BCUT2D eigenvalue weighted by Gasteiger charge is -2.11. The quantitative estimate of drug-likeness (QED) is 0.417. The number of methoxy groups -OCH3 is 1. The average Bonchev–Trinajstić information content (AvgIpc) is 3.12. The fourth-order valence-electron chi connectivity index (χ4n) is 3.61. The van der Waals surface area contributed by atoms with Gasteiger partial charge in [-0.15, -0.1) is 0 Å². The molecule has 1 N–H and O–H groups in total. The van der Waals surface area contributed by atoms with Crippen molar-refractivity contribution in [1.29, 1.82) is 0 Å². The molecule has 0 aliphatic heterocycles. The summed E-state index contributed by atoms with van der Waals surface area (Å²) in [4.78, 5) is 16.3. The first-order valence-corrected chi connectivity index (χ1v) is 11.1. The van der Waals surface area contributed by atoms with Crippen molar-refractivity contribution in [3.05, 3.63) is 59.9 Å². The summed E-state index contributed by atoms with van der Waals surface area (Å²) >= 11 is 0. The topological polar surface area (TPSA) is 65.4 Å². The van der Waals surface area contributed by atoms with Crippen LogP contribution in [-0.2, 0) is 22.5 Å². The van der Waals surface area contributed by atoms with Crippen LogP contribution in [0, 0.1) is 6.92 Å². The summed E-state index contributed by atoms with van der Waals surface area (Å²) in [6, 6.07) is 16.5. The third-order valence-corrected chi connectivity index (χ3v) is 5.22. The van der Waals surface area contributed by atoms with E-state index in [9.17, 15) is 4.79 Å². The second-order valence-corrected chi connectivity index (χ2v) is 7.78. The van der Waals surface area contributed by atoms with E-state index in [1.54, 1.807) is 0 Å². The summed E-state index contributed by atoms with van der Waals surface area (Å²) in [5.41, 5.74) is 3.46. The molecule has 1 amide bonds. The van der Waals surface area contributed by atoms with Crippen molar-refractivity contribution >= 4 is 16.9 Å². The Hall–Kier alpha value is -2.86. The Morgan fingerprint density at radius 1 is 1.03 bits per heavy atom. The normalized spacial score (nSPS) is 11.0. The largest absolute Gasteiger partial charge is 0.494 e. The van der Waals surface area contributed by atoms with Crippen LogP contribution in [0.2, 0.25) is 0 Å². The van der Waals surface area contributed by atoms with Crippen LogP contribution >= 0.6 is 0 Å². The Bertz CT molecular complexity index is 950. The summed E-state index contributed by atoms with van der Waals surface area (Å²) < 4.78 is 13.0. The maximum atomic E-state index is 11.4. The van der Waals surface area contributed by atoms with Gasteiger partial charge in [-0.2, -0.15) is 0 Å². The zero-order valence-electron chi connectivity index (χ0n) is 18.6. The molecular weight excluding hydrogens is 390 g/mol. The van der Waals surface area contributed by atoms with Gasteiger partial charge in [0.25, 0.3) is 0 Å². The van der Waals surface area contributed by atoms with Gasteiger partial charge in [-0.3, -0.25) is 4.79 Å². The molecule has 0 unspecified atom stereocenters. The Balaban J connectivity index is 1.48. The van der Waals surface area contributed by atoms with Crippen LogP contribution in [0.5, 0.6) is 5.75 Å². The molecule has 31 heavy (non-hydrogen) atoms. The van der Waals surface area contributed by atoms with Crippen LogP contribution in [0.25, 0.3) is 11.0 Å². The van der Waals surface area contributed by atoms with Crippen molar-refractivity contribution in [3.8, 4) is 5.75 Å².